The fraction of sp³-hybridized carbons (Fsp3) is 0.524. The van der Waals surface area contributed by atoms with Crippen molar-refractivity contribution in [3.8, 4) is 0 Å². The number of fused-ring (bicyclic) bond motifs is 1. The van der Waals surface area contributed by atoms with Crippen molar-refractivity contribution in [1.29, 1.82) is 0 Å². The molecule has 1 heterocycles. The number of halogens is 1. The first kappa shape index (κ1) is 19.3. The number of anilines is 1. The number of nitrogens with one attached hydrogen (secondary N) is 1. The molecule has 0 aliphatic heterocycles. The highest BCUT2D eigenvalue weighted by Crippen LogP contribution is 2.32. The minimum atomic E-state index is 0.0544. The molecule has 0 unspecified atom stereocenters. The van der Waals surface area contributed by atoms with Crippen LogP contribution in [-0.4, -0.2) is 40.8 Å². The van der Waals surface area contributed by atoms with Crippen LogP contribution < -0.4 is 5.32 Å². The van der Waals surface area contributed by atoms with Crippen LogP contribution in [0.4, 0.5) is 5.69 Å². The Balaban J connectivity index is 1.83. The molecule has 1 aromatic carbocycles. The zero-order chi connectivity index (χ0) is 18.7. The van der Waals surface area contributed by atoms with E-state index in [1.54, 1.807) is 13.1 Å². The quantitative estimate of drug-likeness (QED) is 0.650. The van der Waals surface area contributed by atoms with Crippen molar-refractivity contribution < 1.29 is 4.79 Å². The van der Waals surface area contributed by atoms with Crippen LogP contribution in [0.5, 0.6) is 0 Å². The molecule has 2 aromatic rings. The summed E-state index contributed by atoms with van der Waals surface area (Å²) in [5.74, 6) is 0.0544. The molecule has 1 aliphatic rings. The number of rotatable bonds is 6. The van der Waals surface area contributed by atoms with Crippen molar-refractivity contribution >= 4 is 38.3 Å². The van der Waals surface area contributed by atoms with E-state index in [1.165, 1.54) is 12.8 Å². The van der Waals surface area contributed by atoms with E-state index in [4.69, 9.17) is 0 Å². The molecule has 5 heteroatoms. The summed E-state index contributed by atoms with van der Waals surface area (Å²) in [5, 5.41) is 4.71. The van der Waals surface area contributed by atoms with Gasteiger partial charge in [-0.1, -0.05) is 29.8 Å². The van der Waals surface area contributed by atoms with Crippen LogP contribution in [0.15, 0.2) is 28.9 Å². The number of pyridine rings is 1. The predicted octanol–water partition coefficient (Wildman–Crippen LogP) is 5.26. The number of ketones is 1. The molecular weight excluding hydrogens is 390 g/mol. The molecule has 26 heavy (non-hydrogen) atoms. The number of aromatic nitrogens is 1. The van der Waals surface area contributed by atoms with Gasteiger partial charge in [-0.25, -0.2) is 0 Å². The van der Waals surface area contributed by atoms with Gasteiger partial charge >= 0.3 is 0 Å². The number of benzene rings is 1. The van der Waals surface area contributed by atoms with Gasteiger partial charge in [0.1, 0.15) is 0 Å². The lowest BCUT2D eigenvalue weighted by molar-refractivity contribution is 0.101. The summed E-state index contributed by atoms with van der Waals surface area (Å²) in [4.78, 5) is 19.2. The fourth-order valence-corrected chi connectivity index (χ4v) is 4.48. The highest BCUT2D eigenvalue weighted by Gasteiger charge is 2.25. The van der Waals surface area contributed by atoms with E-state index < -0.39 is 0 Å². The highest BCUT2D eigenvalue weighted by molar-refractivity contribution is 9.10. The number of Topliss-reactive ketones (excluding diaryl/α,β-unsaturated/α-hetero) is 1. The van der Waals surface area contributed by atoms with Crippen molar-refractivity contribution in [2.75, 3.05) is 18.4 Å². The van der Waals surface area contributed by atoms with Crippen LogP contribution >= 0.6 is 15.9 Å². The van der Waals surface area contributed by atoms with Gasteiger partial charge in [0, 0.05) is 28.1 Å². The third kappa shape index (κ3) is 4.09. The molecule has 1 fully saturated rings. The summed E-state index contributed by atoms with van der Waals surface area (Å²) in [6.07, 6.45) is 6.40. The summed E-state index contributed by atoms with van der Waals surface area (Å²) in [6.45, 7) is 8.35. The first-order valence-electron chi connectivity index (χ1n) is 9.63. The van der Waals surface area contributed by atoms with Crippen LogP contribution in [0.1, 0.15) is 56.8 Å². The van der Waals surface area contributed by atoms with Crippen LogP contribution in [0, 0.1) is 0 Å². The van der Waals surface area contributed by atoms with E-state index in [2.05, 4.69) is 51.0 Å². The first-order valence-corrected chi connectivity index (χ1v) is 10.4. The molecule has 1 N–H and O–H groups in total. The Labute approximate surface area is 164 Å². The average Bonchev–Trinajstić information content (AvgIpc) is 2.64. The van der Waals surface area contributed by atoms with Crippen molar-refractivity contribution in [3.63, 3.8) is 0 Å². The molecule has 1 aromatic heterocycles. The van der Waals surface area contributed by atoms with Gasteiger partial charge in [0.15, 0.2) is 5.78 Å². The molecule has 0 saturated heterocycles. The van der Waals surface area contributed by atoms with Gasteiger partial charge in [-0.3, -0.25) is 9.78 Å². The summed E-state index contributed by atoms with van der Waals surface area (Å²) in [7, 11) is 0. The smallest absolute Gasteiger partial charge is 0.163 e. The SMILES string of the molecule is CCN(CC)C1CCC(Nc2c(C(C)=O)cnc3ccc(Br)cc23)CC1. The second-order valence-electron chi connectivity index (χ2n) is 7.14. The van der Waals surface area contributed by atoms with Crippen LogP contribution in [-0.2, 0) is 0 Å². The number of nitrogens with zero attached hydrogens (tertiary/aromatic N) is 2. The number of hydrogen-bond donors (Lipinski definition) is 1. The van der Waals surface area contributed by atoms with Crippen LogP contribution in [0.25, 0.3) is 10.9 Å². The highest BCUT2D eigenvalue weighted by atomic mass is 79.9. The van der Waals surface area contributed by atoms with E-state index in [1.807, 2.05) is 12.1 Å². The lowest BCUT2D eigenvalue weighted by Crippen LogP contribution is -2.40. The normalized spacial score (nSPS) is 20.5. The molecule has 1 aliphatic carbocycles. The fourth-order valence-electron chi connectivity index (χ4n) is 4.12. The third-order valence-corrected chi connectivity index (χ3v) is 6.08. The number of hydrogen-bond acceptors (Lipinski definition) is 4. The molecule has 0 radical (unpaired) electrons. The molecule has 140 valence electrons. The lowest BCUT2D eigenvalue weighted by Gasteiger charge is -2.36. The Morgan fingerprint density at radius 2 is 1.92 bits per heavy atom. The minimum Gasteiger partial charge on any atom is -0.381 e. The van der Waals surface area contributed by atoms with Gasteiger partial charge in [0.2, 0.25) is 0 Å². The van der Waals surface area contributed by atoms with E-state index >= 15 is 0 Å². The second kappa shape index (κ2) is 8.49. The van der Waals surface area contributed by atoms with Gasteiger partial charge in [-0.05, 0) is 63.9 Å². The van der Waals surface area contributed by atoms with E-state index in [0.717, 1.165) is 47.0 Å². The van der Waals surface area contributed by atoms with Crippen molar-refractivity contribution in [2.45, 2.75) is 58.5 Å². The van der Waals surface area contributed by atoms with Gasteiger partial charge in [0.05, 0.1) is 16.8 Å². The lowest BCUT2D eigenvalue weighted by atomic mass is 9.89. The van der Waals surface area contributed by atoms with Crippen molar-refractivity contribution in [1.82, 2.24) is 9.88 Å². The predicted molar refractivity (Wildman–Crippen MR) is 112 cm³/mol. The molecule has 0 bridgehead atoms. The Kier molecular flexibility index (Phi) is 6.30. The maximum atomic E-state index is 12.2. The number of carbonyl (C=O) groups excluding carboxylic acids is 1. The second-order valence-corrected chi connectivity index (χ2v) is 8.05. The zero-order valence-corrected chi connectivity index (χ0v) is 17.5. The van der Waals surface area contributed by atoms with Crippen LogP contribution in [0.2, 0.25) is 0 Å². The number of carbonyl (C=O) groups is 1. The van der Waals surface area contributed by atoms with Gasteiger partial charge < -0.3 is 10.2 Å². The van der Waals surface area contributed by atoms with E-state index in [9.17, 15) is 4.79 Å². The molecular formula is C21H28BrN3O. The molecule has 0 amide bonds. The molecule has 0 atom stereocenters. The largest absolute Gasteiger partial charge is 0.381 e. The minimum absolute atomic E-state index is 0.0544. The molecule has 4 nitrogen and oxygen atoms in total. The van der Waals surface area contributed by atoms with Gasteiger partial charge in [-0.2, -0.15) is 0 Å². The monoisotopic (exact) mass is 417 g/mol. The van der Waals surface area contributed by atoms with Gasteiger partial charge in [-0.15, -0.1) is 0 Å². The van der Waals surface area contributed by atoms with Gasteiger partial charge in [0.25, 0.3) is 0 Å². The van der Waals surface area contributed by atoms with E-state index in [-0.39, 0.29) is 5.78 Å². The average molecular weight is 418 g/mol. The summed E-state index contributed by atoms with van der Waals surface area (Å²) in [5.41, 5.74) is 2.54. The molecule has 1 saturated carbocycles. The van der Waals surface area contributed by atoms with Crippen LogP contribution in [0.3, 0.4) is 0 Å². The Morgan fingerprint density at radius 3 is 2.54 bits per heavy atom. The first-order chi connectivity index (χ1) is 12.5. The van der Waals surface area contributed by atoms with Crippen molar-refractivity contribution in [2.24, 2.45) is 0 Å². The summed E-state index contributed by atoms with van der Waals surface area (Å²) < 4.78 is 1.00. The summed E-state index contributed by atoms with van der Waals surface area (Å²) in [6, 6.07) is 7.13. The summed E-state index contributed by atoms with van der Waals surface area (Å²) >= 11 is 3.55. The van der Waals surface area contributed by atoms with E-state index in [0.29, 0.717) is 17.6 Å². The molecule has 3 rings (SSSR count). The maximum Gasteiger partial charge on any atom is 0.163 e. The Hall–Kier alpha value is -1.46. The zero-order valence-electron chi connectivity index (χ0n) is 15.9. The third-order valence-electron chi connectivity index (χ3n) is 5.58. The maximum absolute atomic E-state index is 12.2. The topological polar surface area (TPSA) is 45.2 Å². The Morgan fingerprint density at radius 1 is 1.23 bits per heavy atom. The van der Waals surface area contributed by atoms with Crippen molar-refractivity contribution in [3.05, 3.63) is 34.4 Å². The standard InChI is InChI=1S/C21H28BrN3O/c1-4-25(5-2)17-9-7-16(8-10-17)24-21-18-12-15(22)6-11-20(18)23-13-19(21)14(3)26/h6,11-13,16-17H,4-5,7-10H2,1-3H3,(H,23,24). The molecule has 0 spiro atoms. The Bertz CT molecular complexity index is 780.